The average Bonchev–Trinajstić information content (AvgIpc) is 3.04. The molecule has 138 valence electrons. The van der Waals surface area contributed by atoms with E-state index in [0.717, 1.165) is 37.8 Å². The lowest BCUT2D eigenvalue weighted by molar-refractivity contribution is 0.0937. The average molecular weight is 375 g/mol. The Hall–Kier alpha value is -2.34. The number of amides is 2. The molecule has 1 aromatic heterocycles. The van der Waals surface area contributed by atoms with E-state index in [9.17, 15) is 9.59 Å². The zero-order valence-electron chi connectivity index (χ0n) is 14.8. The number of hydrogen-bond acceptors (Lipinski definition) is 3. The highest BCUT2D eigenvalue weighted by atomic mass is 35.5. The predicted octanol–water partition coefficient (Wildman–Crippen LogP) is 3.66. The second-order valence-electron chi connectivity index (χ2n) is 6.38. The van der Waals surface area contributed by atoms with Gasteiger partial charge in [0.25, 0.3) is 11.8 Å². The molecular weight excluding hydrogens is 352 g/mol. The fourth-order valence-corrected chi connectivity index (χ4v) is 3.28. The molecule has 0 aliphatic carbocycles. The lowest BCUT2D eigenvalue weighted by Crippen LogP contribution is -2.28. The van der Waals surface area contributed by atoms with Crippen LogP contribution in [0.25, 0.3) is 0 Å². The topological polar surface area (TPSA) is 76.0 Å². The van der Waals surface area contributed by atoms with Gasteiger partial charge in [0.2, 0.25) is 0 Å². The summed E-state index contributed by atoms with van der Waals surface area (Å²) < 4.78 is 1.88. The van der Waals surface area contributed by atoms with Gasteiger partial charge in [-0.15, -0.1) is 0 Å². The normalized spacial score (nSPS) is 13.2. The number of fused-ring (bicyclic) bond motifs is 1. The molecule has 0 saturated heterocycles. The van der Waals surface area contributed by atoms with Crippen molar-refractivity contribution in [3.05, 3.63) is 46.5 Å². The van der Waals surface area contributed by atoms with E-state index in [4.69, 9.17) is 11.6 Å². The number of anilines is 1. The van der Waals surface area contributed by atoms with Gasteiger partial charge < -0.3 is 15.2 Å². The lowest BCUT2D eigenvalue weighted by Gasteiger charge is -2.17. The number of halogens is 1. The van der Waals surface area contributed by atoms with Crippen molar-refractivity contribution in [2.24, 2.45) is 0 Å². The van der Waals surface area contributed by atoms with Crippen LogP contribution < -0.4 is 10.6 Å². The molecule has 26 heavy (non-hydrogen) atoms. The van der Waals surface area contributed by atoms with Gasteiger partial charge in [0.05, 0.1) is 16.4 Å². The second-order valence-corrected chi connectivity index (χ2v) is 6.79. The van der Waals surface area contributed by atoms with Gasteiger partial charge in [0.1, 0.15) is 0 Å². The van der Waals surface area contributed by atoms with Crippen molar-refractivity contribution in [1.29, 1.82) is 0 Å². The van der Waals surface area contributed by atoms with E-state index in [0.29, 0.717) is 35.3 Å². The molecule has 7 heteroatoms. The number of aromatic nitrogens is 2. The van der Waals surface area contributed by atoms with Crippen LogP contribution in [-0.2, 0) is 13.0 Å². The molecule has 2 heterocycles. The smallest absolute Gasteiger partial charge is 0.287 e. The highest BCUT2D eigenvalue weighted by Crippen LogP contribution is 2.24. The molecule has 0 bridgehead atoms. The van der Waals surface area contributed by atoms with Crippen LogP contribution in [0.2, 0.25) is 5.02 Å². The number of hydrogen-bond donors (Lipinski definition) is 2. The molecule has 2 amide bonds. The van der Waals surface area contributed by atoms with E-state index < -0.39 is 0 Å². The highest BCUT2D eigenvalue weighted by Gasteiger charge is 2.27. The number of benzene rings is 1. The number of unbranched alkanes of at least 4 members (excludes halogenated alkanes) is 1. The maximum absolute atomic E-state index is 12.8. The molecule has 1 aromatic carbocycles. The Morgan fingerprint density at radius 3 is 2.81 bits per heavy atom. The summed E-state index contributed by atoms with van der Waals surface area (Å²) in [5, 5.41) is 6.15. The SMILES string of the molecule is CCCCNC(=O)c1nc(C(=O)Nc2ccccc2Cl)c2n1CCCC2. The van der Waals surface area contributed by atoms with Crippen molar-refractivity contribution in [2.75, 3.05) is 11.9 Å². The van der Waals surface area contributed by atoms with Gasteiger partial charge in [-0.05, 0) is 37.8 Å². The van der Waals surface area contributed by atoms with Crippen LogP contribution in [-0.4, -0.2) is 27.9 Å². The van der Waals surface area contributed by atoms with Gasteiger partial charge in [-0.25, -0.2) is 4.98 Å². The maximum Gasteiger partial charge on any atom is 0.287 e. The third-order valence-corrected chi connectivity index (χ3v) is 4.80. The number of imidazole rings is 1. The molecule has 1 aliphatic heterocycles. The summed E-state index contributed by atoms with van der Waals surface area (Å²) in [4.78, 5) is 29.6. The second kappa shape index (κ2) is 8.36. The van der Waals surface area contributed by atoms with Crippen LogP contribution in [0, 0.1) is 0 Å². The molecule has 0 fully saturated rings. The van der Waals surface area contributed by atoms with Crippen LogP contribution in [0.3, 0.4) is 0 Å². The first-order chi connectivity index (χ1) is 12.6. The fourth-order valence-electron chi connectivity index (χ4n) is 3.10. The van der Waals surface area contributed by atoms with Gasteiger partial charge in [0.15, 0.2) is 11.5 Å². The number of rotatable bonds is 6. The molecule has 0 unspecified atom stereocenters. The summed E-state index contributed by atoms with van der Waals surface area (Å²) in [5.41, 5.74) is 1.66. The van der Waals surface area contributed by atoms with Crippen molar-refractivity contribution in [2.45, 2.75) is 45.6 Å². The largest absolute Gasteiger partial charge is 0.349 e. The molecule has 0 atom stereocenters. The first-order valence-electron chi connectivity index (χ1n) is 9.05. The molecule has 1 aliphatic rings. The van der Waals surface area contributed by atoms with Gasteiger partial charge in [-0.1, -0.05) is 37.1 Å². The van der Waals surface area contributed by atoms with Crippen LogP contribution in [0.1, 0.15) is 59.4 Å². The molecule has 0 spiro atoms. The van der Waals surface area contributed by atoms with Crippen molar-refractivity contribution >= 4 is 29.1 Å². The number of carbonyl (C=O) groups is 2. The third kappa shape index (κ3) is 3.90. The molecule has 2 N–H and O–H groups in total. The Labute approximate surface area is 157 Å². The van der Waals surface area contributed by atoms with E-state index in [2.05, 4.69) is 22.5 Å². The van der Waals surface area contributed by atoms with Gasteiger partial charge in [0, 0.05) is 13.1 Å². The van der Waals surface area contributed by atoms with Gasteiger partial charge in [-0.2, -0.15) is 0 Å². The number of nitrogens with one attached hydrogen (secondary N) is 2. The van der Waals surface area contributed by atoms with E-state index in [1.807, 2.05) is 4.57 Å². The molecule has 0 saturated carbocycles. The summed E-state index contributed by atoms with van der Waals surface area (Å²) >= 11 is 6.12. The van der Waals surface area contributed by atoms with Crippen LogP contribution in [0.15, 0.2) is 24.3 Å². The van der Waals surface area contributed by atoms with E-state index in [-0.39, 0.29) is 11.8 Å². The van der Waals surface area contributed by atoms with Crippen LogP contribution >= 0.6 is 11.6 Å². The summed E-state index contributed by atoms with van der Waals surface area (Å²) in [6.07, 6.45) is 4.62. The first kappa shape index (κ1) is 18.5. The summed E-state index contributed by atoms with van der Waals surface area (Å²) in [5.74, 6) is -0.241. The van der Waals surface area contributed by atoms with Crippen molar-refractivity contribution in [3.8, 4) is 0 Å². The number of para-hydroxylation sites is 1. The Bertz CT molecular complexity index is 816. The van der Waals surface area contributed by atoms with Crippen molar-refractivity contribution < 1.29 is 9.59 Å². The monoisotopic (exact) mass is 374 g/mol. The zero-order chi connectivity index (χ0) is 18.5. The number of nitrogens with zero attached hydrogens (tertiary/aromatic N) is 2. The maximum atomic E-state index is 12.8. The summed E-state index contributed by atoms with van der Waals surface area (Å²) in [6.45, 7) is 3.39. The lowest BCUT2D eigenvalue weighted by atomic mass is 10.1. The highest BCUT2D eigenvalue weighted by molar-refractivity contribution is 6.33. The van der Waals surface area contributed by atoms with Crippen molar-refractivity contribution in [3.63, 3.8) is 0 Å². The van der Waals surface area contributed by atoms with Gasteiger partial charge >= 0.3 is 0 Å². The van der Waals surface area contributed by atoms with E-state index >= 15 is 0 Å². The molecular formula is C19H23ClN4O2. The van der Waals surface area contributed by atoms with Gasteiger partial charge in [-0.3, -0.25) is 9.59 Å². The molecule has 6 nitrogen and oxygen atoms in total. The van der Waals surface area contributed by atoms with Crippen LogP contribution in [0.4, 0.5) is 5.69 Å². The van der Waals surface area contributed by atoms with E-state index in [1.165, 1.54) is 0 Å². The summed E-state index contributed by atoms with van der Waals surface area (Å²) in [6, 6.07) is 7.06. The first-order valence-corrected chi connectivity index (χ1v) is 9.43. The Balaban J connectivity index is 1.86. The molecule has 3 rings (SSSR count). The van der Waals surface area contributed by atoms with Crippen molar-refractivity contribution in [1.82, 2.24) is 14.9 Å². The Kier molecular flexibility index (Phi) is 5.93. The van der Waals surface area contributed by atoms with Crippen LogP contribution in [0.5, 0.6) is 0 Å². The minimum atomic E-state index is -0.337. The Morgan fingerprint density at radius 2 is 2.04 bits per heavy atom. The summed E-state index contributed by atoms with van der Waals surface area (Å²) in [7, 11) is 0. The predicted molar refractivity (Wildman–Crippen MR) is 102 cm³/mol. The Morgan fingerprint density at radius 1 is 1.23 bits per heavy atom. The minimum absolute atomic E-state index is 0.224. The zero-order valence-corrected chi connectivity index (χ0v) is 15.6. The minimum Gasteiger partial charge on any atom is -0.349 e. The fraction of sp³-hybridized carbons (Fsp3) is 0.421. The standard InChI is InChI=1S/C19H23ClN4O2/c1-2-3-11-21-19(26)17-23-16(15-10-6-7-12-24(15)17)18(25)22-14-9-5-4-8-13(14)20/h4-5,8-9H,2-3,6-7,10-12H2,1H3,(H,21,26)(H,22,25). The molecule has 2 aromatic rings. The quantitative estimate of drug-likeness (QED) is 0.757. The third-order valence-electron chi connectivity index (χ3n) is 4.47. The molecule has 0 radical (unpaired) electrons. The van der Waals surface area contributed by atoms with E-state index in [1.54, 1.807) is 24.3 Å². The number of carbonyl (C=O) groups excluding carboxylic acids is 2.